The Morgan fingerprint density at radius 3 is 2.58 bits per heavy atom. The smallest absolute Gasteiger partial charge is 0.313 e. The van der Waals surface area contributed by atoms with Gasteiger partial charge in [-0.3, -0.25) is 14.4 Å². The zero-order chi connectivity index (χ0) is 19.3. The van der Waals surface area contributed by atoms with E-state index in [1.54, 1.807) is 12.1 Å². The predicted octanol–water partition coefficient (Wildman–Crippen LogP) is -0.614. The molecule has 1 unspecified atom stereocenters. The van der Waals surface area contributed by atoms with Gasteiger partial charge in [0, 0.05) is 19.7 Å². The third-order valence-electron chi connectivity index (χ3n) is 4.08. The van der Waals surface area contributed by atoms with Gasteiger partial charge in [0.2, 0.25) is 0 Å². The van der Waals surface area contributed by atoms with Crippen LogP contribution in [0.3, 0.4) is 0 Å². The molecule has 1 heterocycles. The van der Waals surface area contributed by atoms with E-state index in [1.807, 2.05) is 0 Å². The topological polar surface area (TPSA) is 136 Å². The Morgan fingerprint density at radius 2 is 2.00 bits per heavy atom. The molecule has 3 amide bonds. The van der Waals surface area contributed by atoms with Crippen LogP contribution in [0, 0.1) is 0 Å². The fourth-order valence-electron chi connectivity index (χ4n) is 2.77. The highest BCUT2D eigenvalue weighted by molar-refractivity contribution is 7.91. The van der Waals surface area contributed by atoms with Gasteiger partial charge < -0.3 is 20.7 Å². The minimum Gasteiger partial charge on any atom is -0.383 e. The maximum absolute atomic E-state index is 12.6. The van der Waals surface area contributed by atoms with Crippen LogP contribution in [0.1, 0.15) is 16.8 Å². The zero-order valence-corrected chi connectivity index (χ0v) is 15.1. The highest BCUT2D eigenvalue weighted by Crippen LogP contribution is 2.19. The lowest BCUT2D eigenvalue weighted by Crippen LogP contribution is -2.48. The van der Waals surface area contributed by atoms with Gasteiger partial charge in [-0.2, -0.15) is 0 Å². The number of nitrogens with two attached hydrogens (primary N) is 1. The number of hydrogen-bond donors (Lipinski definition) is 2. The van der Waals surface area contributed by atoms with E-state index in [1.165, 1.54) is 24.1 Å². The molecule has 0 aliphatic carbocycles. The summed E-state index contributed by atoms with van der Waals surface area (Å²) in [5.74, 6) is -2.82. The monoisotopic (exact) mass is 383 g/mol. The van der Waals surface area contributed by atoms with E-state index < -0.39 is 33.6 Å². The van der Waals surface area contributed by atoms with Gasteiger partial charge >= 0.3 is 11.8 Å². The standard InChI is InChI=1S/C16H21N3O6S/c1-25-8-7-19(11-6-9-26(23,24)10-11)16(22)15(21)18-13-5-3-2-4-12(13)14(17)20/h2-5,11H,6-10H2,1H3,(H2,17,20)(H,18,21). The van der Waals surface area contributed by atoms with E-state index in [0.717, 1.165) is 0 Å². The fourth-order valence-corrected chi connectivity index (χ4v) is 4.50. The number of primary amides is 1. The van der Waals surface area contributed by atoms with Crippen LogP contribution in [0.15, 0.2) is 24.3 Å². The Labute approximate surface area is 151 Å². The van der Waals surface area contributed by atoms with Crippen molar-refractivity contribution in [3.8, 4) is 0 Å². The minimum absolute atomic E-state index is 0.0272. The average molecular weight is 383 g/mol. The van der Waals surface area contributed by atoms with Crippen molar-refractivity contribution in [3.63, 3.8) is 0 Å². The van der Waals surface area contributed by atoms with Crippen LogP contribution in [0.2, 0.25) is 0 Å². The van der Waals surface area contributed by atoms with Gasteiger partial charge in [-0.1, -0.05) is 12.1 Å². The highest BCUT2D eigenvalue weighted by atomic mass is 32.2. The molecule has 0 saturated carbocycles. The van der Waals surface area contributed by atoms with E-state index in [9.17, 15) is 22.8 Å². The summed E-state index contributed by atoms with van der Waals surface area (Å²) in [6.07, 6.45) is 0.267. The summed E-state index contributed by atoms with van der Waals surface area (Å²) in [6.45, 7) is 0.244. The number of nitrogens with one attached hydrogen (secondary N) is 1. The quantitative estimate of drug-likeness (QED) is 0.629. The van der Waals surface area contributed by atoms with Crippen LogP contribution in [0.5, 0.6) is 0 Å². The normalized spacial score (nSPS) is 18.3. The lowest BCUT2D eigenvalue weighted by molar-refractivity contribution is -0.144. The first-order valence-electron chi connectivity index (χ1n) is 7.95. The van der Waals surface area contributed by atoms with Crippen molar-refractivity contribution in [2.45, 2.75) is 12.5 Å². The Balaban J connectivity index is 2.17. The molecule has 1 aliphatic heterocycles. The van der Waals surface area contributed by atoms with Gasteiger partial charge in [-0.05, 0) is 18.6 Å². The van der Waals surface area contributed by atoms with Gasteiger partial charge in [0.25, 0.3) is 5.91 Å². The lowest BCUT2D eigenvalue weighted by atomic mass is 10.1. The van der Waals surface area contributed by atoms with E-state index in [4.69, 9.17) is 10.5 Å². The van der Waals surface area contributed by atoms with Gasteiger partial charge in [0.05, 0.1) is 29.4 Å². The number of hydrogen-bond acceptors (Lipinski definition) is 6. The van der Waals surface area contributed by atoms with Crippen LogP contribution >= 0.6 is 0 Å². The number of carbonyl (C=O) groups is 3. The van der Waals surface area contributed by atoms with Gasteiger partial charge in [0.15, 0.2) is 9.84 Å². The van der Waals surface area contributed by atoms with E-state index in [2.05, 4.69) is 5.32 Å². The summed E-state index contributed by atoms with van der Waals surface area (Å²) in [6, 6.07) is 5.45. The van der Waals surface area contributed by atoms with Crippen LogP contribution in [0.25, 0.3) is 0 Å². The first kappa shape index (κ1) is 19.9. The third-order valence-corrected chi connectivity index (χ3v) is 5.83. The summed E-state index contributed by atoms with van der Waals surface area (Å²) in [7, 11) is -1.79. The molecule has 1 aromatic rings. The average Bonchev–Trinajstić information content (AvgIpc) is 2.95. The Kier molecular flexibility index (Phi) is 6.32. The number of carbonyl (C=O) groups excluding carboxylic acids is 3. The molecule has 0 spiro atoms. The van der Waals surface area contributed by atoms with Crippen LogP contribution < -0.4 is 11.1 Å². The molecule has 10 heteroatoms. The van der Waals surface area contributed by atoms with Crippen molar-refractivity contribution in [2.24, 2.45) is 5.73 Å². The first-order valence-corrected chi connectivity index (χ1v) is 9.77. The first-order chi connectivity index (χ1) is 12.2. The van der Waals surface area contributed by atoms with E-state index in [0.29, 0.717) is 0 Å². The van der Waals surface area contributed by atoms with Crippen molar-refractivity contribution in [3.05, 3.63) is 29.8 Å². The number of anilines is 1. The molecule has 9 nitrogen and oxygen atoms in total. The molecule has 26 heavy (non-hydrogen) atoms. The number of nitrogens with zero attached hydrogens (tertiary/aromatic N) is 1. The maximum atomic E-state index is 12.6. The summed E-state index contributed by atoms with van der Waals surface area (Å²) in [4.78, 5) is 37.6. The number of para-hydroxylation sites is 1. The summed E-state index contributed by atoms with van der Waals surface area (Å²) in [5, 5.41) is 2.37. The molecular formula is C16H21N3O6S. The molecule has 0 aromatic heterocycles. The summed E-state index contributed by atoms with van der Waals surface area (Å²) in [5.41, 5.74) is 5.44. The Bertz CT molecular complexity index is 808. The maximum Gasteiger partial charge on any atom is 0.313 e. The van der Waals surface area contributed by atoms with Crippen LogP contribution in [0.4, 0.5) is 5.69 Å². The Morgan fingerprint density at radius 1 is 1.31 bits per heavy atom. The number of sulfone groups is 1. The molecule has 0 bridgehead atoms. The van der Waals surface area contributed by atoms with Crippen LogP contribution in [-0.2, 0) is 24.2 Å². The van der Waals surface area contributed by atoms with Gasteiger partial charge in [0.1, 0.15) is 0 Å². The number of methoxy groups -OCH3 is 1. The highest BCUT2D eigenvalue weighted by Gasteiger charge is 2.36. The van der Waals surface area contributed by atoms with Gasteiger partial charge in [-0.25, -0.2) is 8.42 Å². The summed E-state index contributed by atoms with van der Waals surface area (Å²) >= 11 is 0. The minimum atomic E-state index is -3.23. The van der Waals surface area contributed by atoms with Crippen molar-refractivity contribution in [1.29, 1.82) is 0 Å². The molecule has 142 valence electrons. The van der Waals surface area contributed by atoms with E-state index >= 15 is 0 Å². The van der Waals surface area contributed by atoms with E-state index in [-0.39, 0.29) is 42.3 Å². The van der Waals surface area contributed by atoms with Crippen molar-refractivity contribution < 1.29 is 27.5 Å². The van der Waals surface area contributed by atoms with Gasteiger partial charge in [-0.15, -0.1) is 0 Å². The molecule has 1 saturated heterocycles. The molecule has 1 aliphatic rings. The fraction of sp³-hybridized carbons (Fsp3) is 0.438. The second kappa shape index (κ2) is 8.28. The SMILES string of the molecule is COCCN(C(=O)C(=O)Nc1ccccc1C(N)=O)C1CCS(=O)(=O)C1. The third kappa shape index (κ3) is 4.79. The lowest BCUT2D eigenvalue weighted by Gasteiger charge is -2.27. The predicted molar refractivity (Wildman–Crippen MR) is 94.2 cm³/mol. The zero-order valence-electron chi connectivity index (χ0n) is 14.3. The number of amides is 3. The van der Waals surface area contributed by atoms with Crippen molar-refractivity contribution >= 4 is 33.2 Å². The second-order valence-corrected chi connectivity index (χ2v) is 8.14. The molecule has 2 rings (SSSR count). The Hall–Kier alpha value is -2.46. The number of rotatable bonds is 6. The molecule has 1 atom stereocenters. The number of benzene rings is 1. The largest absolute Gasteiger partial charge is 0.383 e. The molecular weight excluding hydrogens is 362 g/mol. The molecule has 3 N–H and O–H groups in total. The molecule has 1 aromatic carbocycles. The molecule has 0 radical (unpaired) electrons. The van der Waals surface area contributed by atoms with Crippen molar-refractivity contribution in [1.82, 2.24) is 4.90 Å². The molecule has 1 fully saturated rings. The second-order valence-electron chi connectivity index (χ2n) is 5.91. The van der Waals surface area contributed by atoms with Crippen molar-refractivity contribution in [2.75, 3.05) is 37.1 Å². The summed E-state index contributed by atoms with van der Waals surface area (Å²) < 4.78 is 28.3. The van der Waals surface area contributed by atoms with Crippen LogP contribution in [-0.4, -0.2) is 68.8 Å². The number of ether oxygens (including phenoxy) is 1.